The molecule has 0 N–H and O–H groups in total. The molecule has 0 saturated carbocycles. The number of thioether (sulfide) groups is 1. The Labute approximate surface area is 110 Å². The van der Waals surface area contributed by atoms with Gasteiger partial charge in [-0.05, 0) is 35.4 Å². The number of halogens is 1. The maximum Gasteiger partial charge on any atom is 0.0633 e. The van der Waals surface area contributed by atoms with Gasteiger partial charge in [0.25, 0.3) is 0 Å². The van der Waals surface area contributed by atoms with Crippen LogP contribution < -0.4 is 0 Å². The molecular weight excluding hydrogens is 256 g/mol. The van der Waals surface area contributed by atoms with Crippen LogP contribution in [0, 0.1) is 0 Å². The van der Waals surface area contributed by atoms with Crippen molar-refractivity contribution >= 4 is 34.7 Å². The van der Waals surface area contributed by atoms with E-state index in [0.29, 0.717) is 0 Å². The maximum atomic E-state index is 6.39. The molecule has 0 aliphatic carbocycles. The highest BCUT2D eigenvalue weighted by Crippen LogP contribution is 2.28. The minimum atomic E-state index is 0.0783. The van der Waals surface area contributed by atoms with E-state index >= 15 is 0 Å². The van der Waals surface area contributed by atoms with Crippen LogP contribution in [0.1, 0.15) is 15.8 Å². The smallest absolute Gasteiger partial charge is 0.0633 e. The summed E-state index contributed by atoms with van der Waals surface area (Å²) in [6.07, 6.45) is 3.00. The van der Waals surface area contributed by atoms with Crippen molar-refractivity contribution in [2.75, 3.05) is 6.26 Å². The van der Waals surface area contributed by atoms with Gasteiger partial charge in [-0.1, -0.05) is 18.2 Å². The summed E-state index contributed by atoms with van der Waals surface area (Å²) in [5, 5.41) is 2.17. The van der Waals surface area contributed by atoms with E-state index in [4.69, 9.17) is 11.6 Å². The summed E-state index contributed by atoms with van der Waals surface area (Å²) >= 11 is 9.91. The minimum absolute atomic E-state index is 0.0783. The molecule has 0 nitrogen and oxygen atoms in total. The number of thiophene rings is 1. The predicted octanol–water partition coefficient (Wildman–Crippen LogP) is 4.99. The van der Waals surface area contributed by atoms with E-state index in [-0.39, 0.29) is 5.38 Å². The Balaban J connectivity index is 2.05. The Morgan fingerprint density at radius 3 is 2.56 bits per heavy atom. The van der Waals surface area contributed by atoms with Gasteiger partial charge in [0.05, 0.1) is 5.38 Å². The molecule has 0 bridgehead atoms. The molecule has 2 rings (SSSR count). The first-order valence-electron chi connectivity index (χ1n) is 5.10. The number of rotatable bonds is 4. The lowest BCUT2D eigenvalue weighted by Gasteiger charge is -2.08. The Morgan fingerprint density at radius 1 is 1.25 bits per heavy atom. The zero-order valence-corrected chi connectivity index (χ0v) is 11.4. The summed E-state index contributed by atoms with van der Waals surface area (Å²) in [5.41, 5.74) is 1.20. The average Bonchev–Trinajstić information content (AvgIpc) is 2.82. The molecule has 0 amide bonds. The summed E-state index contributed by atoms with van der Waals surface area (Å²) < 4.78 is 0. The van der Waals surface area contributed by atoms with Crippen molar-refractivity contribution in [3.05, 3.63) is 52.2 Å². The lowest BCUT2D eigenvalue weighted by atomic mass is 10.1. The van der Waals surface area contributed by atoms with Gasteiger partial charge in [-0.2, -0.15) is 0 Å². The van der Waals surface area contributed by atoms with E-state index in [1.807, 2.05) is 0 Å². The quantitative estimate of drug-likeness (QED) is 0.556. The topological polar surface area (TPSA) is 0 Å². The van der Waals surface area contributed by atoms with Crippen molar-refractivity contribution in [2.45, 2.75) is 16.7 Å². The number of hydrogen-bond donors (Lipinski definition) is 0. The highest BCUT2D eigenvalue weighted by molar-refractivity contribution is 7.98. The van der Waals surface area contributed by atoms with Gasteiger partial charge in [0.15, 0.2) is 0 Å². The highest BCUT2D eigenvalue weighted by atomic mass is 35.5. The van der Waals surface area contributed by atoms with Gasteiger partial charge in [0.2, 0.25) is 0 Å². The normalized spacial score (nSPS) is 12.6. The fraction of sp³-hybridized carbons (Fsp3) is 0.231. The monoisotopic (exact) mass is 268 g/mol. The first-order valence-corrected chi connectivity index (χ1v) is 7.64. The molecule has 2 aromatic rings. The third-order valence-electron chi connectivity index (χ3n) is 2.44. The maximum absolute atomic E-state index is 6.39. The van der Waals surface area contributed by atoms with Gasteiger partial charge >= 0.3 is 0 Å². The summed E-state index contributed by atoms with van der Waals surface area (Å²) in [6, 6.07) is 12.7. The zero-order chi connectivity index (χ0) is 11.4. The van der Waals surface area contributed by atoms with Crippen LogP contribution in [0.15, 0.2) is 46.7 Å². The standard InChI is InChI=1S/C13H13ClS2/c1-15-11-6-4-10(5-7-11)13(14)9-12-3-2-8-16-12/h2-8,13H,9H2,1H3. The first kappa shape index (κ1) is 12.0. The van der Waals surface area contributed by atoms with Gasteiger partial charge < -0.3 is 0 Å². The molecule has 0 aliphatic rings. The van der Waals surface area contributed by atoms with Crippen molar-refractivity contribution < 1.29 is 0 Å². The van der Waals surface area contributed by atoms with E-state index in [2.05, 4.69) is 48.0 Å². The van der Waals surface area contributed by atoms with Gasteiger partial charge in [-0.15, -0.1) is 34.7 Å². The van der Waals surface area contributed by atoms with Crippen molar-refractivity contribution in [3.63, 3.8) is 0 Å². The lowest BCUT2D eigenvalue weighted by Crippen LogP contribution is -1.93. The van der Waals surface area contributed by atoms with E-state index in [1.165, 1.54) is 15.3 Å². The second kappa shape index (κ2) is 5.76. The molecule has 1 heterocycles. The second-order valence-electron chi connectivity index (χ2n) is 3.52. The second-order valence-corrected chi connectivity index (χ2v) is 5.96. The van der Waals surface area contributed by atoms with E-state index in [9.17, 15) is 0 Å². The fourth-order valence-corrected chi connectivity index (χ4v) is 3.10. The molecule has 1 aromatic heterocycles. The molecule has 0 aliphatic heterocycles. The Bertz CT molecular complexity index is 420. The molecule has 1 unspecified atom stereocenters. The lowest BCUT2D eigenvalue weighted by molar-refractivity contribution is 0.935. The zero-order valence-electron chi connectivity index (χ0n) is 9.02. The van der Waals surface area contributed by atoms with E-state index in [1.54, 1.807) is 23.1 Å². The van der Waals surface area contributed by atoms with Crippen LogP contribution in [0.4, 0.5) is 0 Å². The minimum Gasteiger partial charge on any atom is -0.149 e. The fourth-order valence-electron chi connectivity index (χ4n) is 1.54. The number of hydrogen-bond acceptors (Lipinski definition) is 2. The molecule has 3 heteroatoms. The van der Waals surface area contributed by atoms with Gasteiger partial charge in [-0.3, -0.25) is 0 Å². The Hall–Kier alpha value is -0.440. The van der Waals surface area contributed by atoms with Gasteiger partial charge in [0.1, 0.15) is 0 Å². The van der Waals surface area contributed by atoms with Crippen molar-refractivity contribution in [1.82, 2.24) is 0 Å². The highest BCUT2D eigenvalue weighted by Gasteiger charge is 2.09. The van der Waals surface area contributed by atoms with Crippen LogP contribution in [0.3, 0.4) is 0 Å². The Kier molecular flexibility index (Phi) is 4.33. The molecule has 0 fully saturated rings. The van der Waals surface area contributed by atoms with Crippen LogP contribution in [0.25, 0.3) is 0 Å². The molecular formula is C13H13ClS2. The number of benzene rings is 1. The van der Waals surface area contributed by atoms with E-state index < -0.39 is 0 Å². The molecule has 0 radical (unpaired) electrons. The molecule has 16 heavy (non-hydrogen) atoms. The number of alkyl halides is 1. The molecule has 1 aromatic carbocycles. The third-order valence-corrected chi connectivity index (χ3v) is 4.49. The molecule has 1 atom stereocenters. The van der Waals surface area contributed by atoms with Gasteiger partial charge in [-0.25, -0.2) is 0 Å². The van der Waals surface area contributed by atoms with Crippen molar-refractivity contribution in [1.29, 1.82) is 0 Å². The van der Waals surface area contributed by atoms with Crippen LogP contribution in [-0.2, 0) is 6.42 Å². The summed E-state index contributed by atoms with van der Waals surface area (Å²) in [4.78, 5) is 2.62. The van der Waals surface area contributed by atoms with Crippen molar-refractivity contribution in [2.24, 2.45) is 0 Å². The van der Waals surface area contributed by atoms with Crippen molar-refractivity contribution in [3.8, 4) is 0 Å². The molecule has 0 saturated heterocycles. The molecule has 0 spiro atoms. The SMILES string of the molecule is CSc1ccc(C(Cl)Cc2cccs2)cc1. The predicted molar refractivity (Wildman–Crippen MR) is 74.8 cm³/mol. The molecule has 84 valence electrons. The summed E-state index contributed by atoms with van der Waals surface area (Å²) in [6.45, 7) is 0. The average molecular weight is 269 g/mol. The van der Waals surface area contributed by atoms with Crippen LogP contribution in [-0.4, -0.2) is 6.26 Å². The summed E-state index contributed by atoms with van der Waals surface area (Å²) in [7, 11) is 0. The first-order chi connectivity index (χ1) is 7.79. The van der Waals surface area contributed by atoms with Crippen LogP contribution in [0.2, 0.25) is 0 Å². The van der Waals surface area contributed by atoms with Crippen LogP contribution >= 0.6 is 34.7 Å². The van der Waals surface area contributed by atoms with Crippen LogP contribution in [0.5, 0.6) is 0 Å². The van der Waals surface area contributed by atoms with E-state index in [0.717, 1.165) is 6.42 Å². The van der Waals surface area contributed by atoms with Gasteiger partial charge in [0, 0.05) is 16.2 Å². The Morgan fingerprint density at radius 2 is 2.00 bits per heavy atom. The largest absolute Gasteiger partial charge is 0.149 e. The third kappa shape index (κ3) is 3.03. The summed E-state index contributed by atoms with van der Waals surface area (Å²) in [5.74, 6) is 0.